The molecule has 4 rings (SSSR count). The monoisotopic (exact) mass is 507 g/mol. The molecule has 0 saturated carbocycles. The smallest absolute Gasteiger partial charge is 0.142 e. The maximum atomic E-state index is 6.27. The molecule has 0 bridgehead atoms. The third-order valence-corrected chi connectivity index (χ3v) is 5.72. The summed E-state index contributed by atoms with van der Waals surface area (Å²) in [6.07, 6.45) is 1.85. The van der Waals surface area contributed by atoms with E-state index in [9.17, 15) is 0 Å². The molecule has 0 unspecified atom stereocenters. The molecule has 0 fully saturated rings. The first kappa shape index (κ1) is 19.9. The highest BCUT2D eigenvalue weighted by Gasteiger charge is 2.10. The molecule has 4 aromatic carbocycles. The Morgan fingerprint density at radius 2 is 1.66 bits per heavy atom. The van der Waals surface area contributed by atoms with Gasteiger partial charge in [-0.3, -0.25) is 4.99 Å². The van der Waals surface area contributed by atoms with E-state index in [2.05, 4.69) is 98.4 Å². The lowest BCUT2D eigenvalue weighted by Gasteiger charge is -2.13. The molecule has 0 aliphatic carbocycles. The molecule has 0 aliphatic heterocycles. The summed E-state index contributed by atoms with van der Waals surface area (Å²) in [5.41, 5.74) is 4.19. The number of rotatable bonds is 5. The van der Waals surface area contributed by atoms with E-state index in [1.165, 1.54) is 16.3 Å². The summed E-state index contributed by atoms with van der Waals surface area (Å²) in [5.74, 6) is 0.775. The minimum atomic E-state index is 0.479. The Morgan fingerprint density at radius 1 is 0.897 bits per heavy atom. The fourth-order valence-electron chi connectivity index (χ4n) is 3.17. The highest BCUT2D eigenvalue weighted by atomic mass is 79.9. The zero-order valence-electron chi connectivity index (χ0n) is 15.9. The molecule has 0 aromatic heterocycles. The maximum absolute atomic E-state index is 6.27. The Kier molecular flexibility index (Phi) is 6.12. The predicted molar refractivity (Wildman–Crippen MR) is 129 cm³/mol. The average molecular weight is 509 g/mol. The normalized spacial score (nSPS) is 11.3. The molecule has 0 radical (unpaired) electrons. The Balaban J connectivity index is 1.63. The van der Waals surface area contributed by atoms with Crippen LogP contribution < -0.4 is 4.74 Å². The van der Waals surface area contributed by atoms with Crippen molar-refractivity contribution in [2.24, 2.45) is 4.99 Å². The van der Waals surface area contributed by atoms with E-state index in [0.29, 0.717) is 6.61 Å². The van der Waals surface area contributed by atoms with Crippen molar-refractivity contribution in [3.05, 3.63) is 104 Å². The van der Waals surface area contributed by atoms with Crippen molar-refractivity contribution in [3.8, 4) is 5.75 Å². The average Bonchev–Trinajstić information content (AvgIpc) is 2.72. The van der Waals surface area contributed by atoms with E-state index in [1.54, 1.807) is 0 Å². The number of halogens is 2. The number of nitrogens with zero attached hydrogens (tertiary/aromatic N) is 1. The first-order valence-electron chi connectivity index (χ1n) is 9.29. The van der Waals surface area contributed by atoms with Crippen molar-refractivity contribution in [1.82, 2.24) is 0 Å². The number of fused-ring (bicyclic) bond motifs is 1. The molecular weight excluding hydrogens is 490 g/mol. The SMILES string of the molecule is Cc1ccc(N=Cc2cc(Br)cc(Br)c2OCc2cccc3ccccc23)cc1. The quantitative estimate of drug-likeness (QED) is 0.250. The van der Waals surface area contributed by atoms with Crippen molar-refractivity contribution >= 4 is 54.5 Å². The van der Waals surface area contributed by atoms with E-state index < -0.39 is 0 Å². The van der Waals surface area contributed by atoms with Crippen LogP contribution in [0.15, 0.2) is 92.8 Å². The molecule has 0 saturated heterocycles. The Labute approximate surface area is 187 Å². The van der Waals surface area contributed by atoms with Crippen molar-refractivity contribution in [2.75, 3.05) is 0 Å². The maximum Gasteiger partial charge on any atom is 0.142 e. The van der Waals surface area contributed by atoms with E-state index in [-0.39, 0.29) is 0 Å². The van der Waals surface area contributed by atoms with Crippen molar-refractivity contribution in [2.45, 2.75) is 13.5 Å². The molecule has 0 amide bonds. The van der Waals surface area contributed by atoms with Crippen LogP contribution in [-0.4, -0.2) is 6.21 Å². The van der Waals surface area contributed by atoms with Crippen LogP contribution >= 0.6 is 31.9 Å². The molecule has 4 aromatic rings. The molecule has 0 atom stereocenters. The molecule has 144 valence electrons. The fraction of sp³-hybridized carbons (Fsp3) is 0.0800. The first-order valence-corrected chi connectivity index (χ1v) is 10.9. The number of ether oxygens (including phenoxy) is 1. The molecule has 2 nitrogen and oxygen atoms in total. The second-order valence-electron chi connectivity index (χ2n) is 6.83. The van der Waals surface area contributed by atoms with Gasteiger partial charge >= 0.3 is 0 Å². The Morgan fingerprint density at radius 3 is 2.48 bits per heavy atom. The van der Waals surface area contributed by atoms with Crippen LogP contribution in [0, 0.1) is 6.92 Å². The second kappa shape index (κ2) is 8.93. The number of hydrogen-bond acceptors (Lipinski definition) is 2. The van der Waals surface area contributed by atoms with Crippen molar-refractivity contribution in [3.63, 3.8) is 0 Å². The van der Waals surface area contributed by atoms with Gasteiger partial charge in [0.05, 0.1) is 10.2 Å². The molecule has 0 N–H and O–H groups in total. The van der Waals surface area contributed by atoms with Crippen LogP contribution in [0.5, 0.6) is 5.75 Å². The number of hydrogen-bond donors (Lipinski definition) is 0. The van der Waals surface area contributed by atoms with Gasteiger partial charge in [0.2, 0.25) is 0 Å². The fourth-order valence-corrected chi connectivity index (χ4v) is 4.54. The van der Waals surface area contributed by atoms with Crippen LogP contribution in [-0.2, 0) is 6.61 Å². The zero-order chi connectivity index (χ0) is 20.2. The highest BCUT2D eigenvalue weighted by molar-refractivity contribution is 9.11. The van der Waals surface area contributed by atoms with Gasteiger partial charge in [0.1, 0.15) is 12.4 Å². The van der Waals surface area contributed by atoms with Crippen molar-refractivity contribution in [1.29, 1.82) is 0 Å². The Hall–Kier alpha value is -2.43. The molecular formula is C25H19Br2NO. The van der Waals surface area contributed by atoms with Crippen LogP contribution in [0.1, 0.15) is 16.7 Å². The van der Waals surface area contributed by atoms with Crippen LogP contribution in [0.3, 0.4) is 0 Å². The predicted octanol–water partition coefficient (Wildman–Crippen LogP) is 8.00. The molecule has 4 heteroatoms. The van der Waals surface area contributed by atoms with Gasteiger partial charge in [-0.1, -0.05) is 76.1 Å². The molecule has 0 heterocycles. The van der Waals surface area contributed by atoms with Gasteiger partial charge < -0.3 is 4.74 Å². The minimum Gasteiger partial charge on any atom is -0.487 e. The van der Waals surface area contributed by atoms with Crippen LogP contribution in [0.2, 0.25) is 0 Å². The first-order chi connectivity index (χ1) is 14.1. The summed E-state index contributed by atoms with van der Waals surface area (Å²) in [4.78, 5) is 4.62. The highest BCUT2D eigenvalue weighted by Crippen LogP contribution is 2.33. The van der Waals surface area contributed by atoms with Gasteiger partial charge in [0.15, 0.2) is 0 Å². The third kappa shape index (κ3) is 4.77. The minimum absolute atomic E-state index is 0.479. The van der Waals surface area contributed by atoms with Crippen LogP contribution in [0.4, 0.5) is 5.69 Å². The number of benzene rings is 4. The largest absolute Gasteiger partial charge is 0.487 e. The van der Waals surface area contributed by atoms with Crippen molar-refractivity contribution < 1.29 is 4.74 Å². The lowest BCUT2D eigenvalue weighted by atomic mass is 10.1. The lowest BCUT2D eigenvalue weighted by molar-refractivity contribution is 0.305. The standard InChI is InChI=1S/C25H19Br2NO/c1-17-9-11-22(12-10-17)28-15-20-13-21(26)14-24(27)25(20)29-16-19-7-4-6-18-5-2-3-8-23(18)19/h2-15H,16H2,1H3. The Bertz CT molecular complexity index is 1180. The number of aryl methyl sites for hydroxylation is 1. The lowest BCUT2D eigenvalue weighted by Crippen LogP contribution is -2.00. The molecule has 0 spiro atoms. The van der Waals surface area contributed by atoms with E-state index in [1.807, 2.05) is 30.5 Å². The summed E-state index contributed by atoms with van der Waals surface area (Å²) >= 11 is 7.20. The van der Waals surface area contributed by atoms with E-state index >= 15 is 0 Å². The van der Waals surface area contributed by atoms with Gasteiger partial charge in [-0.2, -0.15) is 0 Å². The molecule has 29 heavy (non-hydrogen) atoms. The van der Waals surface area contributed by atoms with E-state index in [4.69, 9.17) is 4.74 Å². The summed E-state index contributed by atoms with van der Waals surface area (Å²) in [7, 11) is 0. The van der Waals surface area contributed by atoms with Gasteiger partial charge in [-0.25, -0.2) is 0 Å². The second-order valence-corrected chi connectivity index (χ2v) is 8.60. The van der Waals surface area contributed by atoms with Gasteiger partial charge in [-0.15, -0.1) is 0 Å². The van der Waals surface area contributed by atoms with Crippen LogP contribution in [0.25, 0.3) is 10.8 Å². The molecule has 0 aliphatic rings. The van der Waals surface area contributed by atoms with Gasteiger partial charge in [-0.05, 0) is 63.5 Å². The van der Waals surface area contributed by atoms with Gasteiger partial charge in [0, 0.05) is 16.3 Å². The zero-order valence-corrected chi connectivity index (χ0v) is 19.1. The summed E-state index contributed by atoms with van der Waals surface area (Å²) in [6, 6.07) is 26.8. The van der Waals surface area contributed by atoms with Gasteiger partial charge in [0.25, 0.3) is 0 Å². The third-order valence-electron chi connectivity index (χ3n) is 4.68. The summed E-state index contributed by atoms with van der Waals surface area (Å²) in [5, 5.41) is 2.42. The summed E-state index contributed by atoms with van der Waals surface area (Å²) in [6.45, 7) is 2.55. The summed E-state index contributed by atoms with van der Waals surface area (Å²) < 4.78 is 8.12. The number of aliphatic imine (C=N–C) groups is 1. The van der Waals surface area contributed by atoms with E-state index in [0.717, 1.165) is 31.5 Å². The topological polar surface area (TPSA) is 21.6 Å².